The van der Waals surface area contributed by atoms with Crippen LogP contribution in [0, 0.1) is 17.3 Å². The van der Waals surface area contributed by atoms with E-state index in [1.807, 2.05) is 24.8 Å². The molecule has 1 aliphatic carbocycles. The van der Waals surface area contributed by atoms with E-state index in [2.05, 4.69) is 25.5 Å². The van der Waals surface area contributed by atoms with Gasteiger partial charge in [0.15, 0.2) is 5.82 Å². The van der Waals surface area contributed by atoms with Crippen molar-refractivity contribution in [1.82, 2.24) is 20.3 Å². The molecule has 1 saturated carbocycles. The van der Waals surface area contributed by atoms with Crippen LogP contribution in [0.4, 0.5) is 23.1 Å². The molecule has 1 unspecified atom stereocenters. The fourth-order valence-corrected chi connectivity index (χ4v) is 6.21. The van der Waals surface area contributed by atoms with E-state index in [-0.39, 0.29) is 11.3 Å². The van der Waals surface area contributed by atoms with Gasteiger partial charge in [0.25, 0.3) is 0 Å². The van der Waals surface area contributed by atoms with Crippen molar-refractivity contribution in [3.05, 3.63) is 29.7 Å². The Morgan fingerprint density at radius 3 is 2.64 bits per heavy atom. The standard InChI is InChI=1S/C25H32ClN7O.C2H6/c26-21-15-29-24(31-22(21)32-10-1-2-18(16-32)17-3-4-17)30-19-12-20(14-28-13-19)33-11-7-25(23(33)34)5-8-27-9-6-25;1-2/h12-15,17-18,27H,1-11,16H2,(H,29,30,31);1-2H3. The monoisotopic (exact) mass is 511 g/mol. The van der Waals surface area contributed by atoms with E-state index in [1.54, 1.807) is 18.6 Å². The Morgan fingerprint density at radius 2 is 1.86 bits per heavy atom. The van der Waals surface area contributed by atoms with Crippen molar-refractivity contribution in [2.24, 2.45) is 17.3 Å². The molecule has 0 radical (unpaired) electrons. The number of hydrogen-bond acceptors (Lipinski definition) is 7. The molecule has 4 fully saturated rings. The summed E-state index contributed by atoms with van der Waals surface area (Å²) in [6.07, 6.45) is 13.1. The molecule has 2 aromatic rings. The van der Waals surface area contributed by atoms with E-state index >= 15 is 0 Å². The van der Waals surface area contributed by atoms with Gasteiger partial charge in [-0.2, -0.15) is 4.98 Å². The molecular weight excluding hydrogens is 474 g/mol. The number of hydrogen-bond donors (Lipinski definition) is 2. The van der Waals surface area contributed by atoms with Gasteiger partial charge in [-0.1, -0.05) is 25.4 Å². The van der Waals surface area contributed by atoms with E-state index in [0.29, 0.717) is 11.0 Å². The highest BCUT2D eigenvalue weighted by Crippen LogP contribution is 2.43. The number of anilines is 4. The number of pyridine rings is 1. The predicted molar refractivity (Wildman–Crippen MR) is 145 cm³/mol. The first kappa shape index (κ1) is 25.2. The van der Waals surface area contributed by atoms with Gasteiger partial charge in [0.1, 0.15) is 5.02 Å². The third kappa shape index (κ3) is 5.16. The van der Waals surface area contributed by atoms with Gasteiger partial charge >= 0.3 is 0 Å². The topological polar surface area (TPSA) is 86.3 Å². The van der Waals surface area contributed by atoms with Crippen LogP contribution in [-0.4, -0.2) is 53.6 Å². The number of carbonyl (C=O) groups is 1. The van der Waals surface area contributed by atoms with Gasteiger partial charge in [0.05, 0.1) is 35.4 Å². The smallest absolute Gasteiger partial charge is 0.233 e. The summed E-state index contributed by atoms with van der Waals surface area (Å²) in [6, 6.07) is 1.96. The van der Waals surface area contributed by atoms with Crippen molar-refractivity contribution in [1.29, 1.82) is 0 Å². The van der Waals surface area contributed by atoms with Crippen molar-refractivity contribution < 1.29 is 4.79 Å². The Bertz CT molecular complexity index is 1070. The van der Waals surface area contributed by atoms with Crippen LogP contribution < -0.4 is 20.4 Å². The highest BCUT2D eigenvalue weighted by atomic mass is 35.5. The molecule has 9 heteroatoms. The second kappa shape index (κ2) is 10.9. The van der Waals surface area contributed by atoms with Crippen molar-refractivity contribution in [3.8, 4) is 0 Å². The largest absolute Gasteiger partial charge is 0.355 e. The summed E-state index contributed by atoms with van der Waals surface area (Å²) >= 11 is 6.52. The zero-order chi connectivity index (χ0) is 25.1. The van der Waals surface area contributed by atoms with Crippen molar-refractivity contribution in [3.63, 3.8) is 0 Å². The highest BCUT2D eigenvalue weighted by Gasteiger charge is 2.47. The first-order chi connectivity index (χ1) is 17.6. The van der Waals surface area contributed by atoms with Gasteiger partial charge in [-0.05, 0) is 75.9 Å². The molecule has 36 heavy (non-hydrogen) atoms. The van der Waals surface area contributed by atoms with Crippen molar-refractivity contribution in [2.45, 2.75) is 58.8 Å². The molecule has 3 aliphatic heterocycles. The molecule has 2 N–H and O–H groups in total. The molecule has 2 aromatic heterocycles. The molecule has 194 valence electrons. The minimum absolute atomic E-state index is 0.213. The maximum absolute atomic E-state index is 13.3. The average Bonchev–Trinajstić information content (AvgIpc) is 3.73. The number of nitrogens with one attached hydrogen (secondary N) is 2. The molecule has 5 heterocycles. The molecular formula is C27H38ClN7O. The minimum Gasteiger partial charge on any atom is -0.355 e. The molecule has 0 aromatic carbocycles. The van der Waals surface area contributed by atoms with Gasteiger partial charge in [0, 0.05) is 19.6 Å². The Kier molecular flexibility index (Phi) is 7.62. The summed E-state index contributed by atoms with van der Waals surface area (Å²) in [6.45, 7) is 8.56. The second-order valence-electron chi connectivity index (χ2n) is 10.3. The number of amides is 1. The van der Waals surface area contributed by atoms with Crippen LogP contribution in [0.1, 0.15) is 58.8 Å². The second-order valence-corrected chi connectivity index (χ2v) is 10.8. The van der Waals surface area contributed by atoms with E-state index in [9.17, 15) is 4.79 Å². The summed E-state index contributed by atoms with van der Waals surface area (Å²) in [5, 5.41) is 7.25. The minimum atomic E-state index is -0.213. The lowest BCUT2D eigenvalue weighted by atomic mass is 9.78. The maximum atomic E-state index is 13.3. The third-order valence-electron chi connectivity index (χ3n) is 8.14. The number of aromatic nitrogens is 3. The lowest BCUT2D eigenvalue weighted by Gasteiger charge is -2.34. The Labute approximate surface area is 219 Å². The van der Waals surface area contributed by atoms with Crippen LogP contribution in [0.3, 0.4) is 0 Å². The quantitative estimate of drug-likeness (QED) is 0.582. The third-order valence-corrected chi connectivity index (χ3v) is 8.40. The van der Waals surface area contributed by atoms with Crippen LogP contribution in [-0.2, 0) is 4.79 Å². The van der Waals surface area contributed by atoms with Crippen LogP contribution in [0.25, 0.3) is 0 Å². The van der Waals surface area contributed by atoms with Gasteiger partial charge in [-0.3, -0.25) is 9.78 Å². The SMILES string of the molecule is CC.O=C1N(c2cncc(Nc3ncc(Cl)c(N4CCCC(C5CC5)C4)n3)c2)CCC12CCNCC2. The normalized spacial score (nSPS) is 23.4. The number of halogens is 1. The predicted octanol–water partition coefficient (Wildman–Crippen LogP) is 5.03. The van der Waals surface area contributed by atoms with Gasteiger partial charge < -0.3 is 20.4 Å². The lowest BCUT2D eigenvalue weighted by Crippen LogP contribution is -2.42. The summed E-state index contributed by atoms with van der Waals surface area (Å²) in [7, 11) is 0. The highest BCUT2D eigenvalue weighted by molar-refractivity contribution is 6.32. The van der Waals surface area contributed by atoms with E-state index in [1.165, 1.54) is 25.7 Å². The van der Waals surface area contributed by atoms with E-state index in [4.69, 9.17) is 16.6 Å². The van der Waals surface area contributed by atoms with Crippen LogP contribution in [0.5, 0.6) is 0 Å². The first-order valence-corrected chi connectivity index (χ1v) is 14.0. The average molecular weight is 512 g/mol. The summed E-state index contributed by atoms with van der Waals surface area (Å²) < 4.78 is 0. The van der Waals surface area contributed by atoms with Crippen molar-refractivity contribution >= 4 is 40.6 Å². The van der Waals surface area contributed by atoms with Crippen LogP contribution in [0.2, 0.25) is 5.02 Å². The lowest BCUT2D eigenvalue weighted by molar-refractivity contribution is -0.126. The zero-order valence-electron chi connectivity index (χ0n) is 21.5. The molecule has 3 saturated heterocycles. The van der Waals surface area contributed by atoms with E-state index in [0.717, 1.165) is 81.0 Å². The molecule has 1 spiro atoms. The fourth-order valence-electron chi connectivity index (χ4n) is 6.00. The summed E-state index contributed by atoms with van der Waals surface area (Å²) in [5.74, 6) is 3.16. The maximum Gasteiger partial charge on any atom is 0.233 e. The van der Waals surface area contributed by atoms with Crippen LogP contribution in [0.15, 0.2) is 24.7 Å². The summed E-state index contributed by atoms with van der Waals surface area (Å²) in [4.78, 5) is 31.1. The Hall–Kier alpha value is -2.45. The van der Waals surface area contributed by atoms with Gasteiger partial charge in [0.2, 0.25) is 11.9 Å². The number of piperidine rings is 2. The number of nitrogens with zero attached hydrogens (tertiary/aromatic N) is 5. The Balaban J connectivity index is 0.00000130. The van der Waals surface area contributed by atoms with Crippen molar-refractivity contribution in [2.75, 3.05) is 47.8 Å². The molecule has 1 atom stereocenters. The summed E-state index contributed by atoms with van der Waals surface area (Å²) in [5.41, 5.74) is 1.37. The first-order valence-electron chi connectivity index (χ1n) is 13.6. The molecule has 6 rings (SSSR count). The molecule has 0 bridgehead atoms. The van der Waals surface area contributed by atoms with E-state index < -0.39 is 0 Å². The van der Waals surface area contributed by atoms with Crippen LogP contribution >= 0.6 is 11.6 Å². The zero-order valence-corrected chi connectivity index (χ0v) is 22.2. The van der Waals surface area contributed by atoms with Gasteiger partial charge in [-0.15, -0.1) is 0 Å². The fraction of sp³-hybridized carbons (Fsp3) is 0.630. The number of rotatable bonds is 5. The molecule has 8 nitrogen and oxygen atoms in total. The molecule has 4 aliphatic rings. The number of carbonyl (C=O) groups excluding carboxylic acids is 1. The Morgan fingerprint density at radius 1 is 1.06 bits per heavy atom. The molecule has 1 amide bonds. The van der Waals surface area contributed by atoms with Gasteiger partial charge in [-0.25, -0.2) is 4.98 Å².